The van der Waals surface area contributed by atoms with Gasteiger partial charge in [0.2, 0.25) is 0 Å². The number of nitrogens with zero attached hydrogens (tertiary/aromatic N) is 1. The van der Waals surface area contributed by atoms with E-state index >= 15 is 0 Å². The molecule has 0 aliphatic carbocycles. The summed E-state index contributed by atoms with van der Waals surface area (Å²) >= 11 is 0. The summed E-state index contributed by atoms with van der Waals surface area (Å²) in [7, 11) is 0. The van der Waals surface area contributed by atoms with Crippen LogP contribution < -0.4 is 5.73 Å². The van der Waals surface area contributed by atoms with Crippen LogP contribution in [-0.4, -0.2) is 4.98 Å². The monoisotopic (exact) mass is 230 g/mol. The molecule has 3 heteroatoms. The maximum atomic E-state index is 13.8. The van der Waals surface area contributed by atoms with Gasteiger partial charge in [0, 0.05) is 29.6 Å². The van der Waals surface area contributed by atoms with Crippen molar-refractivity contribution in [3.8, 4) is 11.1 Å². The largest absolute Gasteiger partial charge is 0.324 e. The third kappa shape index (κ3) is 2.50. The molecule has 1 aromatic carbocycles. The minimum Gasteiger partial charge on any atom is -0.324 e. The van der Waals surface area contributed by atoms with Crippen LogP contribution in [0.4, 0.5) is 4.39 Å². The molecule has 1 unspecified atom stereocenters. The molecule has 2 nitrogen and oxygen atoms in total. The first-order valence-electron chi connectivity index (χ1n) is 5.55. The van der Waals surface area contributed by atoms with E-state index in [2.05, 4.69) is 4.98 Å². The molecule has 0 aliphatic rings. The van der Waals surface area contributed by atoms with E-state index in [1.54, 1.807) is 24.5 Å². The molecule has 1 aromatic heterocycles. The Morgan fingerprint density at radius 1 is 1.24 bits per heavy atom. The normalized spacial score (nSPS) is 12.5. The van der Waals surface area contributed by atoms with Crippen molar-refractivity contribution in [2.45, 2.75) is 19.9 Å². The fraction of sp³-hybridized carbons (Fsp3) is 0.214. The highest BCUT2D eigenvalue weighted by Gasteiger charge is 2.08. The Labute approximate surface area is 100 Å². The highest BCUT2D eigenvalue weighted by atomic mass is 19.1. The van der Waals surface area contributed by atoms with Gasteiger partial charge in [-0.15, -0.1) is 0 Å². The predicted molar refractivity (Wildman–Crippen MR) is 67.0 cm³/mol. The van der Waals surface area contributed by atoms with E-state index < -0.39 is 0 Å². The molecule has 2 N–H and O–H groups in total. The number of pyridine rings is 1. The maximum absolute atomic E-state index is 13.8. The van der Waals surface area contributed by atoms with E-state index in [1.165, 1.54) is 6.07 Å². The molecule has 0 spiro atoms. The summed E-state index contributed by atoms with van der Waals surface area (Å²) in [6.45, 7) is 3.81. The summed E-state index contributed by atoms with van der Waals surface area (Å²) in [5, 5.41) is 0. The van der Waals surface area contributed by atoms with Gasteiger partial charge in [0.25, 0.3) is 0 Å². The van der Waals surface area contributed by atoms with Crippen molar-refractivity contribution >= 4 is 0 Å². The van der Waals surface area contributed by atoms with Crippen LogP contribution in [-0.2, 0) is 0 Å². The average molecular weight is 230 g/mol. The minimum atomic E-state index is -0.248. The van der Waals surface area contributed by atoms with Gasteiger partial charge in [-0.3, -0.25) is 4.98 Å². The summed E-state index contributed by atoms with van der Waals surface area (Å²) in [5.41, 5.74) is 9.06. The van der Waals surface area contributed by atoms with E-state index in [4.69, 9.17) is 5.73 Å². The van der Waals surface area contributed by atoms with E-state index in [0.717, 1.165) is 16.7 Å². The quantitative estimate of drug-likeness (QED) is 0.860. The van der Waals surface area contributed by atoms with Crippen LogP contribution in [0.3, 0.4) is 0 Å². The van der Waals surface area contributed by atoms with Gasteiger partial charge in [-0.2, -0.15) is 0 Å². The molecule has 2 rings (SSSR count). The Kier molecular flexibility index (Phi) is 3.20. The first-order chi connectivity index (χ1) is 8.08. The summed E-state index contributed by atoms with van der Waals surface area (Å²) < 4.78 is 13.8. The number of hydrogen-bond donors (Lipinski definition) is 1. The molecule has 2 aromatic rings. The molecular formula is C14H15FN2. The van der Waals surface area contributed by atoms with Crippen LogP contribution in [0, 0.1) is 12.7 Å². The number of aromatic nitrogens is 1. The van der Waals surface area contributed by atoms with Crippen LogP contribution >= 0.6 is 0 Å². The summed E-state index contributed by atoms with van der Waals surface area (Å²) in [6, 6.07) is 6.77. The smallest absolute Gasteiger partial charge is 0.131 e. The first-order valence-corrected chi connectivity index (χ1v) is 5.55. The van der Waals surface area contributed by atoms with Crippen molar-refractivity contribution in [3.05, 3.63) is 53.6 Å². The molecule has 1 heterocycles. The third-order valence-electron chi connectivity index (χ3n) is 2.70. The van der Waals surface area contributed by atoms with E-state index in [-0.39, 0.29) is 11.9 Å². The standard InChI is InChI=1S/C14H15FN2/c1-9-5-12(8-17-7-9)13-6-11(10(2)16)3-4-14(13)15/h3-8,10H,16H2,1-2H3. The lowest BCUT2D eigenvalue weighted by Gasteiger charge is -2.09. The molecule has 0 saturated heterocycles. The van der Waals surface area contributed by atoms with Gasteiger partial charge in [-0.25, -0.2) is 4.39 Å². The fourth-order valence-corrected chi connectivity index (χ4v) is 1.75. The lowest BCUT2D eigenvalue weighted by Crippen LogP contribution is -2.05. The van der Waals surface area contributed by atoms with Gasteiger partial charge in [-0.05, 0) is 43.2 Å². The first kappa shape index (κ1) is 11.7. The second-order valence-corrected chi connectivity index (χ2v) is 4.28. The van der Waals surface area contributed by atoms with Crippen molar-refractivity contribution in [2.24, 2.45) is 5.73 Å². The highest BCUT2D eigenvalue weighted by molar-refractivity contribution is 5.64. The number of benzene rings is 1. The molecule has 0 bridgehead atoms. The number of rotatable bonds is 2. The Morgan fingerprint density at radius 3 is 2.65 bits per heavy atom. The zero-order valence-electron chi connectivity index (χ0n) is 9.94. The minimum absolute atomic E-state index is 0.105. The molecular weight excluding hydrogens is 215 g/mol. The Bertz CT molecular complexity index is 535. The second kappa shape index (κ2) is 4.63. The average Bonchev–Trinajstić information content (AvgIpc) is 2.29. The summed E-state index contributed by atoms with van der Waals surface area (Å²) in [6.07, 6.45) is 3.41. The van der Waals surface area contributed by atoms with Crippen LogP contribution in [0.5, 0.6) is 0 Å². The zero-order valence-corrected chi connectivity index (χ0v) is 9.94. The van der Waals surface area contributed by atoms with Gasteiger partial charge in [-0.1, -0.05) is 6.07 Å². The van der Waals surface area contributed by atoms with Gasteiger partial charge in [0.15, 0.2) is 0 Å². The van der Waals surface area contributed by atoms with Crippen molar-refractivity contribution in [1.82, 2.24) is 4.98 Å². The van der Waals surface area contributed by atoms with E-state index in [0.29, 0.717) is 5.56 Å². The lowest BCUT2D eigenvalue weighted by atomic mass is 10.0. The van der Waals surface area contributed by atoms with Crippen molar-refractivity contribution < 1.29 is 4.39 Å². The Hall–Kier alpha value is -1.74. The van der Waals surface area contributed by atoms with Crippen molar-refractivity contribution in [1.29, 1.82) is 0 Å². The van der Waals surface area contributed by atoms with Crippen LogP contribution in [0.1, 0.15) is 24.1 Å². The molecule has 0 saturated carbocycles. The van der Waals surface area contributed by atoms with Gasteiger partial charge >= 0.3 is 0 Å². The maximum Gasteiger partial charge on any atom is 0.131 e. The van der Waals surface area contributed by atoms with E-state index in [1.807, 2.05) is 19.9 Å². The number of halogens is 1. The molecule has 0 fully saturated rings. The van der Waals surface area contributed by atoms with Gasteiger partial charge < -0.3 is 5.73 Å². The van der Waals surface area contributed by atoms with E-state index in [9.17, 15) is 4.39 Å². The number of nitrogens with two attached hydrogens (primary N) is 1. The Morgan fingerprint density at radius 2 is 2.00 bits per heavy atom. The van der Waals surface area contributed by atoms with Crippen LogP contribution in [0.25, 0.3) is 11.1 Å². The SMILES string of the molecule is Cc1cncc(-c2cc(C(C)N)ccc2F)c1. The zero-order chi connectivity index (χ0) is 12.4. The predicted octanol–water partition coefficient (Wildman–Crippen LogP) is 3.22. The van der Waals surface area contributed by atoms with Gasteiger partial charge in [0.05, 0.1) is 0 Å². The van der Waals surface area contributed by atoms with Crippen molar-refractivity contribution in [2.75, 3.05) is 0 Å². The summed E-state index contributed by atoms with van der Waals surface area (Å²) in [4.78, 5) is 4.08. The van der Waals surface area contributed by atoms with Crippen LogP contribution in [0.15, 0.2) is 36.7 Å². The Balaban J connectivity index is 2.54. The molecule has 88 valence electrons. The number of aryl methyl sites for hydroxylation is 1. The highest BCUT2D eigenvalue weighted by Crippen LogP contribution is 2.25. The van der Waals surface area contributed by atoms with Crippen LogP contribution in [0.2, 0.25) is 0 Å². The van der Waals surface area contributed by atoms with Gasteiger partial charge in [0.1, 0.15) is 5.82 Å². The second-order valence-electron chi connectivity index (χ2n) is 4.28. The lowest BCUT2D eigenvalue weighted by molar-refractivity contribution is 0.629. The molecule has 1 atom stereocenters. The number of hydrogen-bond acceptors (Lipinski definition) is 2. The topological polar surface area (TPSA) is 38.9 Å². The fourth-order valence-electron chi connectivity index (χ4n) is 1.75. The molecule has 0 radical (unpaired) electrons. The van der Waals surface area contributed by atoms with Crippen molar-refractivity contribution in [3.63, 3.8) is 0 Å². The molecule has 0 amide bonds. The third-order valence-corrected chi connectivity index (χ3v) is 2.70. The molecule has 17 heavy (non-hydrogen) atoms. The molecule has 0 aliphatic heterocycles. The summed E-state index contributed by atoms with van der Waals surface area (Å²) in [5.74, 6) is -0.248.